The van der Waals surface area contributed by atoms with Crippen molar-refractivity contribution in [2.75, 3.05) is 5.32 Å². The SMILES string of the molecule is CCn1nc(C(=O)Nc2ccc(Cl)cc2)c(=O)c2cc(F)ccc21. The molecule has 24 heavy (non-hydrogen) atoms. The van der Waals surface area contributed by atoms with Crippen molar-refractivity contribution in [3.63, 3.8) is 0 Å². The first kappa shape index (κ1) is 16.1. The fraction of sp³-hybridized carbons (Fsp3) is 0.118. The summed E-state index contributed by atoms with van der Waals surface area (Å²) in [5.74, 6) is -1.20. The van der Waals surface area contributed by atoms with E-state index in [4.69, 9.17) is 11.6 Å². The number of benzene rings is 2. The van der Waals surface area contributed by atoms with E-state index in [9.17, 15) is 14.0 Å². The molecule has 5 nitrogen and oxygen atoms in total. The third-order valence-electron chi connectivity index (χ3n) is 3.53. The monoisotopic (exact) mass is 345 g/mol. The van der Waals surface area contributed by atoms with Gasteiger partial charge in [0.05, 0.1) is 10.9 Å². The molecule has 2 aromatic carbocycles. The number of anilines is 1. The third-order valence-corrected chi connectivity index (χ3v) is 3.79. The maximum atomic E-state index is 13.5. The molecule has 1 aromatic heterocycles. The first-order valence-electron chi connectivity index (χ1n) is 7.27. The van der Waals surface area contributed by atoms with Crippen LogP contribution in [0, 0.1) is 5.82 Å². The number of nitrogens with zero attached hydrogens (tertiary/aromatic N) is 2. The van der Waals surface area contributed by atoms with Gasteiger partial charge in [-0.1, -0.05) is 11.6 Å². The van der Waals surface area contributed by atoms with Crippen molar-refractivity contribution in [2.45, 2.75) is 13.5 Å². The number of halogens is 2. The number of amides is 1. The van der Waals surface area contributed by atoms with Gasteiger partial charge in [-0.15, -0.1) is 0 Å². The second kappa shape index (κ2) is 6.41. The van der Waals surface area contributed by atoms with Gasteiger partial charge >= 0.3 is 0 Å². The van der Waals surface area contributed by atoms with Gasteiger partial charge in [-0.05, 0) is 49.4 Å². The van der Waals surface area contributed by atoms with Gasteiger partial charge in [-0.2, -0.15) is 5.10 Å². The van der Waals surface area contributed by atoms with E-state index in [1.807, 2.05) is 6.92 Å². The number of hydrogen-bond acceptors (Lipinski definition) is 3. The van der Waals surface area contributed by atoms with Crippen LogP contribution < -0.4 is 10.7 Å². The highest BCUT2D eigenvalue weighted by Crippen LogP contribution is 2.15. The van der Waals surface area contributed by atoms with Crippen molar-refractivity contribution in [2.24, 2.45) is 0 Å². The van der Waals surface area contributed by atoms with Gasteiger partial charge in [0, 0.05) is 17.3 Å². The fourth-order valence-electron chi connectivity index (χ4n) is 2.38. The quantitative estimate of drug-likeness (QED) is 0.790. The summed E-state index contributed by atoms with van der Waals surface area (Å²) in [6.45, 7) is 2.25. The van der Waals surface area contributed by atoms with Crippen LogP contribution in [-0.2, 0) is 6.54 Å². The number of carbonyl (C=O) groups is 1. The summed E-state index contributed by atoms with van der Waals surface area (Å²) in [6, 6.07) is 10.3. The van der Waals surface area contributed by atoms with Crippen molar-refractivity contribution >= 4 is 34.1 Å². The zero-order valence-electron chi connectivity index (χ0n) is 12.7. The molecule has 0 aliphatic heterocycles. The largest absolute Gasteiger partial charge is 0.320 e. The lowest BCUT2D eigenvalue weighted by Gasteiger charge is -2.10. The summed E-state index contributed by atoms with van der Waals surface area (Å²) in [5.41, 5.74) is 0.0606. The van der Waals surface area contributed by atoms with Gasteiger partial charge in [0.25, 0.3) is 5.91 Å². The van der Waals surface area contributed by atoms with Gasteiger partial charge < -0.3 is 5.32 Å². The minimum atomic E-state index is -0.657. The van der Waals surface area contributed by atoms with Gasteiger partial charge in [0.15, 0.2) is 5.69 Å². The number of hydrogen-bond donors (Lipinski definition) is 1. The van der Waals surface area contributed by atoms with Gasteiger partial charge in [0.2, 0.25) is 5.43 Å². The highest BCUT2D eigenvalue weighted by molar-refractivity contribution is 6.30. The van der Waals surface area contributed by atoms with Crippen molar-refractivity contribution in [3.8, 4) is 0 Å². The smallest absolute Gasteiger partial charge is 0.280 e. The molecule has 0 fully saturated rings. The summed E-state index contributed by atoms with van der Waals surface area (Å²) in [4.78, 5) is 24.9. The van der Waals surface area contributed by atoms with Crippen molar-refractivity contribution < 1.29 is 9.18 Å². The van der Waals surface area contributed by atoms with Crippen LogP contribution in [0.2, 0.25) is 5.02 Å². The number of fused-ring (bicyclic) bond motifs is 1. The van der Waals surface area contributed by atoms with E-state index in [0.29, 0.717) is 22.8 Å². The average molecular weight is 346 g/mol. The normalized spacial score (nSPS) is 10.8. The minimum Gasteiger partial charge on any atom is -0.320 e. The highest BCUT2D eigenvalue weighted by Gasteiger charge is 2.17. The summed E-state index contributed by atoms with van der Waals surface area (Å²) in [5, 5.41) is 7.34. The lowest BCUT2D eigenvalue weighted by molar-refractivity contribution is 0.101. The molecule has 0 bridgehead atoms. The second-order valence-corrected chi connectivity index (χ2v) is 5.55. The van der Waals surface area contributed by atoms with Crippen LogP contribution in [0.15, 0.2) is 47.3 Å². The minimum absolute atomic E-state index is 0.119. The predicted molar refractivity (Wildman–Crippen MR) is 91.0 cm³/mol. The van der Waals surface area contributed by atoms with E-state index in [-0.39, 0.29) is 11.1 Å². The van der Waals surface area contributed by atoms with Crippen molar-refractivity contribution in [1.29, 1.82) is 0 Å². The molecule has 3 rings (SSSR count). The molecule has 0 saturated heterocycles. The molecule has 1 N–H and O–H groups in total. The molecule has 0 saturated carbocycles. The lowest BCUT2D eigenvalue weighted by Crippen LogP contribution is -2.27. The molecule has 1 amide bonds. The van der Waals surface area contributed by atoms with E-state index >= 15 is 0 Å². The zero-order valence-corrected chi connectivity index (χ0v) is 13.5. The Morgan fingerprint density at radius 1 is 1.25 bits per heavy atom. The van der Waals surface area contributed by atoms with Crippen LogP contribution in [0.4, 0.5) is 10.1 Å². The number of nitrogens with one attached hydrogen (secondary N) is 1. The van der Waals surface area contributed by atoms with Gasteiger partial charge in [-0.25, -0.2) is 4.39 Å². The lowest BCUT2D eigenvalue weighted by atomic mass is 10.2. The zero-order chi connectivity index (χ0) is 17.3. The van der Waals surface area contributed by atoms with Crippen LogP contribution >= 0.6 is 11.6 Å². The molecule has 7 heteroatoms. The standard InChI is InChI=1S/C17H13ClFN3O2/c1-2-22-14-8-5-11(19)9-13(14)16(23)15(21-22)17(24)20-12-6-3-10(18)4-7-12/h3-9H,2H2,1H3,(H,20,24). The number of rotatable bonds is 3. The molecule has 0 aliphatic carbocycles. The maximum absolute atomic E-state index is 13.5. The molecule has 0 atom stereocenters. The van der Waals surface area contributed by atoms with Crippen LogP contribution in [-0.4, -0.2) is 15.7 Å². The Kier molecular flexibility index (Phi) is 4.31. The van der Waals surface area contributed by atoms with E-state index in [2.05, 4.69) is 10.4 Å². The number of aryl methyl sites for hydroxylation is 1. The molecule has 0 radical (unpaired) electrons. The summed E-state index contributed by atoms with van der Waals surface area (Å²) >= 11 is 5.80. The van der Waals surface area contributed by atoms with E-state index < -0.39 is 17.2 Å². The molecular weight excluding hydrogens is 333 g/mol. The maximum Gasteiger partial charge on any atom is 0.280 e. The van der Waals surface area contributed by atoms with Crippen molar-refractivity contribution in [1.82, 2.24) is 9.78 Å². The first-order chi connectivity index (χ1) is 11.5. The Morgan fingerprint density at radius 2 is 1.96 bits per heavy atom. The Balaban J connectivity index is 2.08. The molecule has 0 spiro atoms. The summed E-state index contributed by atoms with van der Waals surface area (Å²) in [7, 11) is 0. The van der Waals surface area contributed by atoms with E-state index in [1.165, 1.54) is 16.8 Å². The summed E-state index contributed by atoms with van der Waals surface area (Å²) in [6.07, 6.45) is 0. The topological polar surface area (TPSA) is 64.0 Å². The number of aromatic nitrogens is 2. The molecule has 122 valence electrons. The van der Waals surface area contributed by atoms with Crippen LogP contribution in [0.3, 0.4) is 0 Å². The molecule has 0 aliphatic rings. The average Bonchev–Trinajstić information content (AvgIpc) is 2.57. The fourth-order valence-corrected chi connectivity index (χ4v) is 2.50. The first-order valence-corrected chi connectivity index (χ1v) is 7.64. The molecule has 1 heterocycles. The van der Waals surface area contributed by atoms with Crippen LogP contribution in [0.25, 0.3) is 10.9 Å². The van der Waals surface area contributed by atoms with Crippen LogP contribution in [0.1, 0.15) is 17.4 Å². The van der Waals surface area contributed by atoms with Crippen molar-refractivity contribution in [3.05, 3.63) is 69.2 Å². The second-order valence-electron chi connectivity index (χ2n) is 5.12. The Morgan fingerprint density at radius 3 is 2.62 bits per heavy atom. The Labute approximate surface area is 141 Å². The highest BCUT2D eigenvalue weighted by atomic mass is 35.5. The number of carbonyl (C=O) groups excluding carboxylic acids is 1. The Hall–Kier alpha value is -2.73. The molecule has 3 aromatic rings. The molecule has 0 unspecified atom stereocenters. The van der Waals surface area contributed by atoms with E-state index in [1.54, 1.807) is 24.3 Å². The van der Waals surface area contributed by atoms with Crippen LogP contribution in [0.5, 0.6) is 0 Å². The Bertz CT molecular complexity index is 984. The van der Waals surface area contributed by atoms with Gasteiger partial charge in [-0.3, -0.25) is 14.3 Å². The third kappa shape index (κ3) is 3.00. The van der Waals surface area contributed by atoms with E-state index in [0.717, 1.165) is 6.07 Å². The van der Waals surface area contributed by atoms with Gasteiger partial charge in [0.1, 0.15) is 5.82 Å². The summed E-state index contributed by atoms with van der Waals surface area (Å²) < 4.78 is 15.0. The predicted octanol–water partition coefficient (Wildman–Crippen LogP) is 3.46. The molecular formula is C17H13ClFN3O2.